The van der Waals surface area contributed by atoms with Crippen molar-refractivity contribution < 1.29 is 14.3 Å². The summed E-state index contributed by atoms with van der Waals surface area (Å²) in [7, 11) is 0. The first-order valence-electron chi connectivity index (χ1n) is 9.30. The minimum Gasteiger partial charge on any atom is -0.397 e. The molecule has 1 saturated heterocycles. The minimum atomic E-state index is -0.299. The first-order valence-corrected chi connectivity index (χ1v) is 9.67. The molecule has 1 aromatic rings. The molecular weight excluding hydrogens is 381 g/mol. The summed E-state index contributed by atoms with van der Waals surface area (Å²) in [5.41, 5.74) is 3.02. The average Bonchev–Trinajstić information content (AvgIpc) is 3.02. The fourth-order valence-corrected chi connectivity index (χ4v) is 3.31. The van der Waals surface area contributed by atoms with Gasteiger partial charge in [0.15, 0.2) is 5.84 Å². The first-order chi connectivity index (χ1) is 13.6. The number of nitrogens with zero attached hydrogens (tertiary/aromatic N) is 3. The normalized spacial score (nSPS) is 22.3. The fraction of sp³-hybridized carbons (Fsp3) is 0.333. The summed E-state index contributed by atoms with van der Waals surface area (Å²) in [5.74, 6) is 0.590. The van der Waals surface area contributed by atoms with E-state index in [9.17, 15) is 4.39 Å². The van der Waals surface area contributed by atoms with Gasteiger partial charge < -0.3 is 14.8 Å². The van der Waals surface area contributed by atoms with Gasteiger partial charge in [-0.25, -0.2) is 9.38 Å². The van der Waals surface area contributed by atoms with E-state index in [1.807, 2.05) is 6.08 Å². The summed E-state index contributed by atoms with van der Waals surface area (Å²) in [6.07, 6.45) is 10.2. The van der Waals surface area contributed by atoms with Crippen LogP contribution in [0.2, 0.25) is 0 Å². The Morgan fingerprint density at radius 3 is 2.82 bits per heavy atom. The molecule has 1 aromatic carbocycles. The SMILES string of the molecule is CCO.Fc1ccc(C2ON=C3/C(=C/C4=CCC=C(Cl)N=C4)CCCN32)cc1. The number of aliphatic imine (C=N–C) groups is 1. The highest BCUT2D eigenvalue weighted by Gasteiger charge is 2.35. The molecule has 3 heterocycles. The number of hydrogen-bond donors (Lipinski definition) is 1. The van der Waals surface area contributed by atoms with Gasteiger partial charge in [0.1, 0.15) is 11.0 Å². The molecule has 28 heavy (non-hydrogen) atoms. The molecule has 1 unspecified atom stereocenters. The smallest absolute Gasteiger partial charge is 0.227 e. The number of benzene rings is 1. The van der Waals surface area contributed by atoms with Crippen LogP contribution in [0.4, 0.5) is 4.39 Å². The highest BCUT2D eigenvalue weighted by Crippen LogP contribution is 2.35. The van der Waals surface area contributed by atoms with Crippen LogP contribution in [0.15, 0.2) is 68.9 Å². The molecule has 3 aliphatic heterocycles. The molecule has 0 radical (unpaired) electrons. The van der Waals surface area contributed by atoms with Crippen molar-refractivity contribution in [1.29, 1.82) is 0 Å². The maximum atomic E-state index is 13.2. The average molecular weight is 404 g/mol. The Labute approximate surface area is 169 Å². The minimum absolute atomic E-state index is 0.250. The maximum absolute atomic E-state index is 13.2. The predicted molar refractivity (Wildman–Crippen MR) is 110 cm³/mol. The third kappa shape index (κ3) is 4.88. The molecule has 0 amide bonds. The summed E-state index contributed by atoms with van der Waals surface area (Å²) < 4.78 is 13.2. The number of hydrogen-bond acceptors (Lipinski definition) is 5. The Kier molecular flexibility index (Phi) is 7.01. The molecule has 3 aliphatic rings. The number of halogens is 2. The van der Waals surface area contributed by atoms with Crippen LogP contribution in [0, 0.1) is 5.82 Å². The van der Waals surface area contributed by atoms with Crippen molar-refractivity contribution in [3.05, 3.63) is 70.2 Å². The van der Waals surface area contributed by atoms with Gasteiger partial charge in [-0.3, -0.25) is 0 Å². The van der Waals surface area contributed by atoms with Crippen molar-refractivity contribution in [1.82, 2.24) is 4.90 Å². The van der Waals surface area contributed by atoms with Crippen molar-refractivity contribution >= 4 is 23.7 Å². The van der Waals surface area contributed by atoms with Gasteiger partial charge >= 0.3 is 0 Å². The van der Waals surface area contributed by atoms with Gasteiger partial charge in [0, 0.05) is 24.9 Å². The third-order valence-electron chi connectivity index (χ3n) is 4.40. The number of amidine groups is 1. The third-order valence-corrected chi connectivity index (χ3v) is 4.65. The molecule has 0 aromatic heterocycles. The first kappa shape index (κ1) is 20.3. The van der Waals surface area contributed by atoms with Crippen LogP contribution in [-0.2, 0) is 4.84 Å². The van der Waals surface area contributed by atoms with Crippen molar-refractivity contribution in [3.63, 3.8) is 0 Å². The highest BCUT2D eigenvalue weighted by atomic mass is 35.5. The monoisotopic (exact) mass is 403 g/mol. The lowest BCUT2D eigenvalue weighted by Gasteiger charge is -2.30. The Hall–Kier alpha value is -2.44. The van der Waals surface area contributed by atoms with E-state index in [4.69, 9.17) is 21.5 Å². The summed E-state index contributed by atoms with van der Waals surface area (Å²) in [5, 5.41) is 12.4. The van der Waals surface area contributed by atoms with Crippen molar-refractivity contribution in [3.8, 4) is 0 Å². The van der Waals surface area contributed by atoms with Crippen LogP contribution in [0.5, 0.6) is 0 Å². The van der Waals surface area contributed by atoms with E-state index >= 15 is 0 Å². The maximum Gasteiger partial charge on any atom is 0.227 e. The molecule has 148 valence electrons. The molecule has 0 spiro atoms. The van der Waals surface area contributed by atoms with E-state index in [2.05, 4.69) is 27.2 Å². The number of aliphatic hydroxyl groups is 1. The number of aliphatic hydroxyl groups excluding tert-OH is 1. The molecule has 7 heteroatoms. The van der Waals surface area contributed by atoms with Crippen molar-refractivity contribution in [2.24, 2.45) is 10.1 Å². The van der Waals surface area contributed by atoms with Crippen LogP contribution in [0.25, 0.3) is 0 Å². The van der Waals surface area contributed by atoms with Crippen LogP contribution < -0.4 is 0 Å². The van der Waals surface area contributed by atoms with E-state index in [1.165, 1.54) is 12.1 Å². The van der Waals surface area contributed by atoms with E-state index < -0.39 is 0 Å². The van der Waals surface area contributed by atoms with Gasteiger partial charge in [0.05, 0.1) is 0 Å². The topological polar surface area (TPSA) is 57.4 Å². The van der Waals surface area contributed by atoms with E-state index in [0.717, 1.165) is 48.4 Å². The van der Waals surface area contributed by atoms with Crippen LogP contribution >= 0.6 is 11.6 Å². The standard InChI is InChI=1S/C19H17ClFN3O.C2H6O/c20-17-5-1-3-13(12-22-17)11-15-4-2-10-24-18(15)23-25-19(24)14-6-8-16(21)9-7-14;1-2-3/h3,5-9,11-12,19H,1-2,4,10H2;3H,2H2,1H3/b15-11+;. The van der Waals surface area contributed by atoms with Gasteiger partial charge in [-0.05, 0) is 61.6 Å². The lowest BCUT2D eigenvalue weighted by atomic mass is 9.99. The summed E-state index contributed by atoms with van der Waals surface area (Å²) in [6.45, 7) is 2.79. The number of allylic oxidation sites excluding steroid dienone is 4. The molecule has 1 atom stereocenters. The van der Waals surface area contributed by atoms with Crippen molar-refractivity contribution in [2.75, 3.05) is 13.2 Å². The van der Waals surface area contributed by atoms with Gasteiger partial charge in [-0.2, -0.15) is 0 Å². The summed E-state index contributed by atoms with van der Waals surface area (Å²) in [4.78, 5) is 12.0. The van der Waals surface area contributed by atoms with Gasteiger partial charge in [0.25, 0.3) is 0 Å². The lowest BCUT2D eigenvalue weighted by molar-refractivity contribution is 0.00780. The largest absolute Gasteiger partial charge is 0.397 e. The number of piperidine rings is 1. The molecule has 1 N–H and O–H groups in total. The second kappa shape index (κ2) is 9.66. The zero-order chi connectivity index (χ0) is 19.9. The zero-order valence-electron chi connectivity index (χ0n) is 15.7. The number of rotatable bonds is 2. The molecule has 0 aliphatic carbocycles. The Bertz CT molecular complexity index is 844. The van der Waals surface area contributed by atoms with Crippen molar-refractivity contribution in [2.45, 2.75) is 32.4 Å². The van der Waals surface area contributed by atoms with Gasteiger partial charge in [-0.15, -0.1) is 0 Å². The van der Waals surface area contributed by atoms with Crippen LogP contribution in [0.3, 0.4) is 0 Å². The molecule has 4 rings (SSSR count). The molecule has 1 fully saturated rings. The second-order valence-electron chi connectivity index (χ2n) is 6.43. The van der Waals surface area contributed by atoms with E-state index in [-0.39, 0.29) is 18.7 Å². The summed E-state index contributed by atoms with van der Waals surface area (Å²) in [6, 6.07) is 6.37. The molecule has 0 saturated carbocycles. The second-order valence-corrected chi connectivity index (χ2v) is 6.82. The quantitative estimate of drug-likeness (QED) is 0.730. The highest BCUT2D eigenvalue weighted by molar-refractivity contribution is 6.30. The Morgan fingerprint density at radius 1 is 1.32 bits per heavy atom. The zero-order valence-corrected chi connectivity index (χ0v) is 16.4. The molecule has 5 nitrogen and oxygen atoms in total. The predicted octanol–water partition coefficient (Wildman–Crippen LogP) is 4.67. The number of oxime groups is 1. The fourth-order valence-electron chi connectivity index (χ4n) is 3.17. The van der Waals surface area contributed by atoms with Crippen LogP contribution in [-0.4, -0.2) is 35.2 Å². The molecular formula is C21H23ClFN3O2. The lowest BCUT2D eigenvalue weighted by Crippen LogP contribution is -2.36. The van der Waals surface area contributed by atoms with Crippen LogP contribution in [0.1, 0.15) is 38.0 Å². The Balaban J connectivity index is 0.000000706. The van der Waals surface area contributed by atoms with E-state index in [0.29, 0.717) is 5.16 Å². The van der Waals surface area contributed by atoms with Gasteiger partial charge in [0.2, 0.25) is 6.23 Å². The van der Waals surface area contributed by atoms with E-state index in [1.54, 1.807) is 25.3 Å². The molecule has 0 bridgehead atoms. The summed E-state index contributed by atoms with van der Waals surface area (Å²) >= 11 is 5.95. The number of fused-ring (bicyclic) bond motifs is 1. The Morgan fingerprint density at radius 2 is 2.07 bits per heavy atom. The van der Waals surface area contributed by atoms with Gasteiger partial charge in [-0.1, -0.05) is 35.0 Å².